The second-order valence-corrected chi connectivity index (χ2v) is 4.21. The third-order valence-corrected chi connectivity index (χ3v) is 3.06. The van der Waals surface area contributed by atoms with Gasteiger partial charge in [-0.05, 0) is 49.1 Å². The highest BCUT2D eigenvalue weighted by molar-refractivity contribution is 5.70. The van der Waals surface area contributed by atoms with Gasteiger partial charge in [-0.2, -0.15) is 0 Å². The number of benzene rings is 1. The van der Waals surface area contributed by atoms with Gasteiger partial charge in [0.05, 0.1) is 12.8 Å². The topological polar surface area (TPSA) is 39.2 Å². The van der Waals surface area contributed by atoms with Gasteiger partial charge in [0.1, 0.15) is 5.76 Å². The molecule has 2 N–H and O–H groups in total. The Kier molecular flexibility index (Phi) is 2.84. The molecule has 0 aliphatic heterocycles. The molecule has 0 atom stereocenters. The van der Waals surface area contributed by atoms with Crippen molar-refractivity contribution in [2.45, 2.75) is 27.3 Å². The van der Waals surface area contributed by atoms with E-state index in [0.29, 0.717) is 6.54 Å². The Morgan fingerprint density at radius 1 is 1.00 bits per heavy atom. The third kappa shape index (κ3) is 1.76. The van der Waals surface area contributed by atoms with Crippen LogP contribution in [0, 0.1) is 20.8 Å². The molecule has 0 saturated heterocycles. The molecule has 2 aromatic rings. The number of hydrogen-bond acceptors (Lipinski definition) is 2. The summed E-state index contributed by atoms with van der Waals surface area (Å²) in [5.74, 6) is 0.853. The number of furan rings is 1. The number of hydrogen-bond donors (Lipinski definition) is 1. The molecule has 0 spiro atoms. The van der Waals surface area contributed by atoms with Crippen LogP contribution in [0.2, 0.25) is 0 Å². The fourth-order valence-corrected chi connectivity index (χ4v) is 1.99. The van der Waals surface area contributed by atoms with Crippen LogP contribution in [0.1, 0.15) is 22.5 Å². The lowest BCUT2D eigenvalue weighted by atomic mass is 9.96. The van der Waals surface area contributed by atoms with Crippen LogP contribution < -0.4 is 5.73 Å². The molecule has 0 saturated carbocycles. The molecule has 1 heterocycles. The molecule has 0 fully saturated rings. The Morgan fingerprint density at radius 3 is 2.38 bits per heavy atom. The summed E-state index contributed by atoms with van der Waals surface area (Å²) >= 11 is 0. The molecule has 1 aromatic carbocycles. The van der Waals surface area contributed by atoms with Crippen molar-refractivity contribution in [3.8, 4) is 11.1 Å². The van der Waals surface area contributed by atoms with Gasteiger partial charge in [-0.1, -0.05) is 12.1 Å². The van der Waals surface area contributed by atoms with Crippen LogP contribution in [0.25, 0.3) is 11.1 Å². The second-order valence-electron chi connectivity index (χ2n) is 4.21. The Bertz CT molecular complexity index is 511. The van der Waals surface area contributed by atoms with Crippen molar-refractivity contribution in [1.29, 1.82) is 0 Å². The fourth-order valence-electron chi connectivity index (χ4n) is 1.99. The molecule has 0 radical (unpaired) electrons. The van der Waals surface area contributed by atoms with Gasteiger partial charge in [-0.25, -0.2) is 0 Å². The van der Waals surface area contributed by atoms with E-state index in [2.05, 4.69) is 32.9 Å². The van der Waals surface area contributed by atoms with E-state index in [1.165, 1.54) is 22.3 Å². The first-order valence-corrected chi connectivity index (χ1v) is 5.48. The molecule has 2 rings (SSSR count). The van der Waals surface area contributed by atoms with Crippen LogP contribution in [0.3, 0.4) is 0 Å². The largest absolute Gasteiger partial charge is 0.467 e. The SMILES string of the molecule is Cc1cc(C)c(-c2ccoc2CN)cc1C. The molecular weight excluding hydrogens is 198 g/mol. The maximum atomic E-state index is 5.66. The van der Waals surface area contributed by atoms with E-state index in [9.17, 15) is 0 Å². The van der Waals surface area contributed by atoms with Crippen molar-refractivity contribution < 1.29 is 4.42 Å². The van der Waals surface area contributed by atoms with Crippen molar-refractivity contribution in [2.24, 2.45) is 5.73 Å². The molecule has 0 unspecified atom stereocenters. The molecular formula is C14H17NO. The van der Waals surface area contributed by atoms with Gasteiger partial charge < -0.3 is 10.2 Å². The van der Waals surface area contributed by atoms with E-state index < -0.39 is 0 Å². The number of nitrogens with two attached hydrogens (primary N) is 1. The Labute approximate surface area is 96.1 Å². The highest BCUT2D eigenvalue weighted by Gasteiger charge is 2.10. The number of rotatable bonds is 2. The van der Waals surface area contributed by atoms with Crippen LogP contribution >= 0.6 is 0 Å². The summed E-state index contributed by atoms with van der Waals surface area (Å²) in [6.45, 7) is 6.82. The van der Waals surface area contributed by atoms with Gasteiger partial charge in [0.2, 0.25) is 0 Å². The molecule has 16 heavy (non-hydrogen) atoms. The summed E-state index contributed by atoms with van der Waals surface area (Å²) < 4.78 is 5.37. The minimum absolute atomic E-state index is 0.439. The van der Waals surface area contributed by atoms with E-state index in [0.717, 1.165) is 11.3 Å². The fraction of sp³-hybridized carbons (Fsp3) is 0.286. The molecule has 0 aliphatic carbocycles. The van der Waals surface area contributed by atoms with Gasteiger partial charge in [0.15, 0.2) is 0 Å². The monoisotopic (exact) mass is 215 g/mol. The predicted molar refractivity (Wildman–Crippen MR) is 66.2 cm³/mol. The Hall–Kier alpha value is -1.54. The van der Waals surface area contributed by atoms with Gasteiger partial charge in [-0.3, -0.25) is 0 Å². The maximum Gasteiger partial charge on any atom is 0.125 e. The Morgan fingerprint density at radius 2 is 1.69 bits per heavy atom. The molecule has 2 nitrogen and oxygen atoms in total. The van der Waals surface area contributed by atoms with E-state index in [4.69, 9.17) is 10.2 Å². The lowest BCUT2D eigenvalue weighted by molar-refractivity contribution is 0.513. The zero-order chi connectivity index (χ0) is 11.7. The van der Waals surface area contributed by atoms with Crippen LogP contribution in [-0.2, 0) is 6.54 Å². The van der Waals surface area contributed by atoms with Crippen molar-refractivity contribution in [1.82, 2.24) is 0 Å². The van der Waals surface area contributed by atoms with Gasteiger partial charge in [0.25, 0.3) is 0 Å². The van der Waals surface area contributed by atoms with Crippen molar-refractivity contribution in [3.05, 3.63) is 46.9 Å². The first kappa shape index (κ1) is 11.0. The first-order valence-electron chi connectivity index (χ1n) is 5.48. The van der Waals surface area contributed by atoms with E-state index >= 15 is 0 Å². The summed E-state index contributed by atoms with van der Waals surface area (Å²) in [4.78, 5) is 0. The van der Waals surface area contributed by atoms with E-state index in [1.807, 2.05) is 6.07 Å². The highest BCUT2D eigenvalue weighted by atomic mass is 16.3. The minimum Gasteiger partial charge on any atom is -0.467 e. The third-order valence-electron chi connectivity index (χ3n) is 3.06. The number of aryl methyl sites for hydroxylation is 3. The maximum absolute atomic E-state index is 5.66. The second kappa shape index (κ2) is 4.14. The van der Waals surface area contributed by atoms with Crippen molar-refractivity contribution in [2.75, 3.05) is 0 Å². The first-order chi connectivity index (χ1) is 7.63. The van der Waals surface area contributed by atoms with Crippen LogP contribution in [-0.4, -0.2) is 0 Å². The summed E-state index contributed by atoms with van der Waals surface area (Å²) in [7, 11) is 0. The normalized spacial score (nSPS) is 10.8. The minimum atomic E-state index is 0.439. The van der Waals surface area contributed by atoms with Crippen LogP contribution in [0.4, 0.5) is 0 Å². The summed E-state index contributed by atoms with van der Waals surface area (Å²) in [5.41, 5.74) is 11.9. The quantitative estimate of drug-likeness (QED) is 0.834. The lowest BCUT2D eigenvalue weighted by Crippen LogP contribution is -1.97. The van der Waals surface area contributed by atoms with Crippen LogP contribution in [0.5, 0.6) is 0 Å². The van der Waals surface area contributed by atoms with Gasteiger partial charge in [0, 0.05) is 5.56 Å². The van der Waals surface area contributed by atoms with Gasteiger partial charge in [-0.15, -0.1) is 0 Å². The average Bonchev–Trinajstić information content (AvgIpc) is 2.71. The standard InChI is InChI=1S/C14H17NO/c1-9-6-11(3)13(7-10(9)2)12-4-5-16-14(12)8-15/h4-7H,8,15H2,1-3H3. The molecule has 84 valence electrons. The zero-order valence-electron chi connectivity index (χ0n) is 10.0. The summed E-state index contributed by atoms with van der Waals surface area (Å²) in [6, 6.07) is 6.39. The van der Waals surface area contributed by atoms with E-state index in [-0.39, 0.29) is 0 Å². The predicted octanol–water partition coefficient (Wildman–Crippen LogP) is 3.33. The van der Waals surface area contributed by atoms with E-state index in [1.54, 1.807) is 6.26 Å². The van der Waals surface area contributed by atoms with Crippen molar-refractivity contribution >= 4 is 0 Å². The molecule has 0 bridgehead atoms. The average molecular weight is 215 g/mol. The molecule has 1 aromatic heterocycles. The molecule has 2 heteroatoms. The lowest BCUT2D eigenvalue weighted by Gasteiger charge is -2.09. The van der Waals surface area contributed by atoms with Crippen LogP contribution in [0.15, 0.2) is 28.9 Å². The summed E-state index contributed by atoms with van der Waals surface area (Å²) in [5, 5.41) is 0. The zero-order valence-corrected chi connectivity index (χ0v) is 10.0. The van der Waals surface area contributed by atoms with Gasteiger partial charge >= 0.3 is 0 Å². The smallest absolute Gasteiger partial charge is 0.125 e. The Balaban J connectivity index is 2.60. The molecule has 0 aliphatic rings. The highest BCUT2D eigenvalue weighted by Crippen LogP contribution is 2.29. The van der Waals surface area contributed by atoms with Crippen molar-refractivity contribution in [3.63, 3.8) is 0 Å². The molecule has 0 amide bonds. The summed E-state index contributed by atoms with van der Waals surface area (Å²) in [6.07, 6.45) is 1.70.